The minimum atomic E-state index is -3.80. The molecule has 0 bridgehead atoms. The quantitative estimate of drug-likeness (QED) is 0.718. The van der Waals surface area contributed by atoms with Gasteiger partial charge in [0.15, 0.2) is 0 Å². The Morgan fingerprint density at radius 2 is 1.90 bits per heavy atom. The number of ether oxygens (including phenoxy) is 1. The summed E-state index contributed by atoms with van der Waals surface area (Å²) in [5.74, 6) is -0.191. The molecule has 0 radical (unpaired) electrons. The Morgan fingerprint density at radius 3 is 2.57 bits per heavy atom. The van der Waals surface area contributed by atoms with Gasteiger partial charge in [0.05, 0.1) is 17.1 Å². The summed E-state index contributed by atoms with van der Waals surface area (Å²) >= 11 is 0. The monoisotopic (exact) mass is 430 g/mol. The Kier molecular flexibility index (Phi) is 6.83. The lowest BCUT2D eigenvalue weighted by molar-refractivity contribution is -0.0764. The van der Waals surface area contributed by atoms with Crippen molar-refractivity contribution in [3.05, 3.63) is 59.7 Å². The molecule has 162 valence electrons. The maximum absolute atomic E-state index is 12.9. The van der Waals surface area contributed by atoms with Crippen molar-refractivity contribution in [1.82, 2.24) is 4.90 Å². The van der Waals surface area contributed by atoms with Crippen molar-refractivity contribution < 1.29 is 17.9 Å². The predicted molar refractivity (Wildman–Crippen MR) is 118 cm³/mol. The van der Waals surface area contributed by atoms with Gasteiger partial charge < -0.3 is 9.64 Å². The maximum Gasteiger partial charge on any atom is 0.261 e. The van der Waals surface area contributed by atoms with Crippen molar-refractivity contribution >= 4 is 21.6 Å². The molecule has 0 spiro atoms. The zero-order valence-electron chi connectivity index (χ0n) is 17.8. The second-order valence-electron chi connectivity index (χ2n) is 8.27. The molecule has 7 heteroatoms. The summed E-state index contributed by atoms with van der Waals surface area (Å²) in [6.45, 7) is 7.43. The van der Waals surface area contributed by atoms with Crippen molar-refractivity contribution in [3.8, 4) is 0 Å². The highest BCUT2D eigenvalue weighted by Crippen LogP contribution is 2.22. The number of morpholine rings is 1. The van der Waals surface area contributed by atoms with Crippen molar-refractivity contribution in [2.24, 2.45) is 0 Å². The number of sulfonamides is 1. The summed E-state index contributed by atoms with van der Waals surface area (Å²) in [7, 11) is -3.80. The van der Waals surface area contributed by atoms with Crippen molar-refractivity contribution in [2.45, 2.75) is 50.5 Å². The Balaban J connectivity index is 1.74. The molecular formula is C23H30N2O4S. The van der Waals surface area contributed by atoms with Crippen LogP contribution < -0.4 is 4.72 Å². The van der Waals surface area contributed by atoms with Crippen LogP contribution in [0.2, 0.25) is 0 Å². The maximum atomic E-state index is 12.9. The molecule has 3 rings (SSSR count). The molecule has 0 unspecified atom stereocenters. The number of hydrogen-bond donors (Lipinski definition) is 1. The van der Waals surface area contributed by atoms with Crippen LogP contribution in [-0.2, 0) is 21.2 Å². The van der Waals surface area contributed by atoms with E-state index in [-0.39, 0.29) is 10.8 Å². The van der Waals surface area contributed by atoms with Gasteiger partial charge in [-0.2, -0.15) is 0 Å². The summed E-state index contributed by atoms with van der Waals surface area (Å²) in [5.41, 5.74) is 1.62. The number of carbonyl (C=O) groups excluding carboxylic acids is 1. The van der Waals surface area contributed by atoms with Crippen LogP contribution in [0.4, 0.5) is 5.69 Å². The smallest absolute Gasteiger partial charge is 0.261 e. The van der Waals surface area contributed by atoms with E-state index < -0.39 is 15.6 Å². The van der Waals surface area contributed by atoms with E-state index in [1.54, 1.807) is 29.2 Å². The Bertz CT molecular complexity index is 985. The number of benzene rings is 2. The van der Waals surface area contributed by atoms with Gasteiger partial charge in [-0.15, -0.1) is 0 Å². The van der Waals surface area contributed by atoms with Crippen LogP contribution in [0.15, 0.2) is 53.4 Å². The highest BCUT2D eigenvalue weighted by Gasteiger charge is 2.30. The van der Waals surface area contributed by atoms with E-state index in [0.717, 1.165) is 19.3 Å². The lowest BCUT2D eigenvalue weighted by atomic mass is 10.1. The summed E-state index contributed by atoms with van der Waals surface area (Å²) < 4.78 is 34.0. The average molecular weight is 431 g/mol. The van der Waals surface area contributed by atoms with Gasteiger partial charge in [-0.05, 0) is 62.6 Å². The van der Waals surface area contributed by atoms with Crippen LogP contribution in [0.1, 0.15) is 49.5 Å². The van der Waals surface area contributed by atoms with E-state index in [0.29, 0.717) is 30.9 Å². The second-order valence-corrected chi connectivity index (χ2v) is 9.95. The van der Waals surface area contributed by atoms with Gasteiger partial charge in [-0.3, -0.25) is 9.52 Å². The first-order valence-corrected chi connectivity index (χ1v) is 11.8. The molecule has 0 aromatic heterocycles. The lowest BCUT2D eigenvalue weighted by Crippen LogP contribution is -2.50. The number of carbonyl (C=O) groups is 1. The minimum Gasteiger partial charge on any atom is -0.372 e. The first kappa shape index (κ1) is 22.3. The number of anilines is 1. The zero-order chi connectivity index (χ0) is 21.8. The highest BCUT2D eigenvalue weighted by molar-refractivity contribution is 7.92. The van der Waals surface area contributed by atoms with Crippen LogP contribution in [0.3, 0.4) is 0 Å². The number of amides is 1. The topological polar surface area (TPSA) is 75.7 Å². The van der Waals surface area contributed by atoms with E-state index >= 15 is 0 Å². The Labute approximate surface area is 179 Å². The van der Waals surface area contributed by atoms with Crippen LogP contribution in [-0.4, -0.2) is 44.5 Å². The summed E-state index contributed by atoms with van der Waals surface area (Å²) in [5, 5.41) is 0. The Hall–Kier alpha value is -2.38. The first-order chi connectivity index (χ1) is 14.2. The van der Waals surface area contributed by atoms with Crippen LogP contribution in [0, 0.1) is 0 Å². The van der Waals surface area contributed by atoms with E-state index in [9.17, 15) is 13.2 Å². The third-order valence-electron chi connectivity index (χ3n) is 5.13. The molecule has 1 fully saturated rings. The molecule has 1 N–H and O–H groups in total. The van der Waals surface area contributed by atoms with Crippen molar-refractivity contribution in [1.29, 1.82) is 0 Å². The molecule has 0 aliphatic carbocycles. The standard InChI is InChI=1S/C23H30N2O4S/c1-4-5-7-18-10-12-20(13-11-18)24-30(27,28)21-9-6-8-19(16-21)22(26)25-14-15-29-23(2,3)17-25/h6,8-13,16,24H,4-5,7,14-15,17H2,1-3H3. The molecule has 1 aliphatic rings. The van der Waals surface area contributed by atoms with Crippen LogP contribution in [0.5, 0.6) is 0 Å². The molecule has 2 aromatic carbocycles. The number of nitrogens with zero attached hydrogens (tertiary/aromatic N) is 1. The molecule has 1 saturated heterocycles. The van der Waals surface area contributed by atoms with E-state index in [2.05, 4.69) is 11.6 Å². The summed E-state index contributed by atoms with van der Waals surface area (Å²) in [6.07, 6.45) is 3.20. The van der Waals surface area contributed by atoms with Crippen molar-refractivity contribution in [2.75, 3.05) is 24.4 Å². The first-order valence-electron chi connectivity index (χ1n) is 10.4. The fourth-order valence-corrected chi connectivity index (χ4v) is 4.61. The van der Waals surface area contributed by atoms with E-state index in [1.807, 2.05) is 26.0 Å². The number of unbranched alkanes of at least 4 members (excludes halogenated alkanes) is 1. The fraction of sp³-hybridized carbons (Fsp3) is 0.435. The third-order valence-corrected chi connectivity index (χ3v) is 6.51. The molecule has 6 nitrogen and oxygen atoms in total. The van der Waals surface area contributed by atoms with Gasteiger partial charge in [0, 0.05) is 24.3 Å². The molecular weight excluding hydrogens is 400 g/mol. The fourth-order valence-electron chi connectivity index (χ4n) is 3.50. The van der Waals surface area contributed by atoms with Gasteiger partial charge >= 0.3 is 0 Å². The van der Waals surface area contributed by atoms with Gasteiger partial charge in [0.1, 0.15) is 0 Å². The van der Waals surface area contributed by atoms with Gasteiger partial charge in [-0.1, -0.05) is 31.5 Å². The highest BCUT2D eigenvalue weighted by atomic mass is 32.2. The lowest BCUT2D eigenvalue weighted by Gasteiger charge is -2.38. The summed E-state index contributed by atoms with van der Waals surface area (Å²) in [6, 6.07) is 13.6. The van der Waals surface area contributed by atoms with E-state index in [4.69, 9.17) is 4.74 Å². The second kappa shape index (κ2) is 9.18. The molecule has 2 aromatic rings. The SMILES string of the molecule is CCCCc1ccc(NS(=O)(=O)c2cccc(C(=O)N3CCOC(C)(C)C3)c2)cc1. The minimum absolute atomic E-state index is 0.0657. The third kappa shape index (κ3) is 5.61. The van der Waals surface area contributed by atoms with Crippen LogP contribution in [0.25, 0.3) is 0 Å². The van der Waals surface area contributed by atoms with Crippen molar-refractivity contribution in [3.63, 3.8) is 0 Å². The number of hydrogen-bond acceptors (Lipinski definition) is 4. The number of nitrogens with one attached hydrogen (secondary N) is 1. The van der Waals surface area contributed by atoms with Gasteiger partial charge in [0.25, 0.3) is 15.9 Å². The number of rotatable bonds is 7. The molecule has 0 atom stereocenters. The van der Waals surface area contributed by atoms with Crippen LogP contribution >= 0.6 is 0 Å². The Morgan fingerprint density at radius 1 is 1.17 bits per heavy atom. The number of aryl methyl sites for hydroxylation is 1. The normalized spacial score (nSPS) is 16.3. The zero-order valence-corrected chi connectivity index (χ0v) is 18.7. The van der Waals surface area contributed by atoms with Gasteiger partial charge in [0.2, 0.25) is 0 Å². The molecule has 1 amide bonds. The van der Waals surface area contributed by atoms with Gasteiger partial charge in [-0.25, -0.2) is 8.42 Å². The molecule has 30 heavy (non-hydrogen) atoms. The molecule has 1 heterocycles. The predicted octanol–water partition coefficient (Wildman–Crippen LogP) is 4.08. The van der Waals surface area contributed by atoms with E-state index in [1.165, 1.54) is 17.7 Å². The molecule has 0 saturated carbocycles. The summed E-state index contributed by atoms with van der Waals surface area (Å²) in [4.78, 5) is 14.7. The average Bonchev–Trinajstić information content (AvgIpc) is 2.72. The molecule has 1 aliphatic heterocycles. The largest absolute Gasteiger partial charge is 0.372 e.